The highest BCUT2D eigenvalue weighted by atomic mass is 16.4. The van der Waals surface area contributed by atoms with Gasteiger partial charge in [-0.15, -0.1) is 0 Å². The minimum atomic E-state index is -1.89. The van der Waals surface area contributed by atoms with Crippen molar-refractivity contribution < 1.29 is 30.0 Å². The molecule has 0 heterocycles. The number of rotatable bonds is 10. The topological polar surface area (TPSA) is 189 Å². The Morgan fingerprint density at radius 1 is 1.24 bits per heavy atom. The second-order valence-corrected chi connectivity index (χ2v) is 4.43. The van der Waals surface area contributed by atoms with Crippen molar-refractivity contribution in [2.45, 2.75) is 37.5 Å². The van der Waals surface area contributed by atoms with E-state index in [0.717, 1.165) is 0 Å². The minimum Gasteiger partial charge on any atom is -0.480 e. The Labute approximate surface area is 121 Å². The molecule has 9 N–H and O–H groups in total. The highest BCUT2D eigenvalue weighted by Gasteiger charge is 2.27. The maximum atomic E-state index is 11.5. The van der Waals surface area contributed by atoms with Gasteiger partial charge in [-0.2, -0.15) is 0 Å². The molecule has 0 aliphatic carbocycles. The number of carboxylic acid groups (broad SMARTS) is 1. The smallest absolute Gasteiger partial charge is 0.326 e. The van der Waals surface area contributed by atoms with E-state index >= 15 is 0 Å². The summed E-state index contributed by atoms with van der Waals surface area (Å²) in [6, 6.07) is -1.21. The lowest BCUT2D eigenvalue weighted by Gasteiger charge is -2.19. The van der Waals surface area contributed by atoms with E-state index in [0.29, 0.717) is 19.4 Å². The fourth-order valence-corrected chi connectivity index (χ4v) is 1.49. The molecule has 1 amide bonds. The number of aliphatic carboxylic acids is 1. The van der Waals surface area contributed by atoms with E-state index in [2.05, 4.69) is 10.6 Å². The SMILES string of the molecule is N=C(N)NCCCC[C@H](NC(=O)[C@H](O)[C@@H](O)CO)C(=O)O. The van der Waals surface area contributed by atoms with Crippen LogP contribution in [0.15, 0.2) is 0 Å². The lowest BCUT2D eigenvalue weighted by atomic mass is 10.1. The highest BCUT2D eigenvalue weighted by Crippen LogP contribution is 2.03. The number of aliphatic hydroxyl groups excluding tert-OH is 3. The molecule has 21 heavy (non-hydrogen) atoms. The summed E-state index contributed by atoms with van der Waals surface area (Å²) in [7, 11) is 0. The van der Waals surface area contributed by atoms with Gasteiger partial charge in [0, 0.05) is 6.54 Å². The molecule has 3 atom stereocenters. The van der Waals surface area contributed by atoms with Crippen molar-refractivity contribution >= 4 is 17.8 Å². The standard InChI is InChI=1S/C11H22N4O6/c12-11(13)14-4-2-1-3-6(10(20)21)15-9(19)8(18)7(17)5-16/h6-8,16-18H,1-5H2,(H,15,19)(H,20,21)(H4,12,13,14)/t6-,7-,8+/m0/s1. The summed E-state index contributed by atoms with van der Waals surface area (Å²) in [5.41, 5.74) is 5.07. The number of amides is 1. The van der Waals surface area contributed by atoms with E-state index in [1.165, 1.54) is 0 Å². The predicted molar refractivity (Wildman–Crippen MR) is 72.4 cm³/mol. The van der Waals surface area contributed by atoms with Gasteiger partial charge in [-0.3, -0.25) is 10.2 Å². The van der Waals surface area contributed by atoms with Crippen LogP contribution in [0.2, 0.25) is 0 Å². The summed E-state index contributed by atoms with van der Waals surface area (Å²) in [6.45, 7) is -0.412. The van der Waals surface area contributed by atoms with Crippen molar-refractivity contribution in [3.05, 3.63) is 0 Å². The van der Waals surface area contributed by atoms with Gasteiger partial charge in [-0.25, -0.2) is 4.79 Å². The number of aliphatic hydroxyl groups is 3. The Kier molecular flexibility index (Phi) is 9.01. The Morgan fingerprint density at radius 3 is 2.33 bits per heavy atom. The zero-order valence-corrected chi connectivity index (χ0v) is 11.5. The van der Waals surface area contributed by atoms with Crippen LogP contribution in [0.25, 0.3) is 0 Å². The van der Waals surface area contributed by atoms with Crippen LogP contribution < -0.4 is 16.4 Å². The lowest BCUT2D eigenvalue weighted by Crippen LogP contribution is -2.49. The van der Waals surface area contributed by atoms with E-state index in [4.69, 9.17) is 26.5 Å². The third kappa shape index (κ3) is 8.07. The molecule has 10 heteroatoms. The first-order valence-corrected chi connectivity index (χ1v) is 6.37. The molecule has 0 saturated carbocycles. The minimum absolute atomic E-state index is 0.114. The van der Waals surface area contributed by atoms with Crippen LogP contribution >= 0.6 is 0 Å². The normalized spacial score (nSPS) is 14.8. The van der Waals surface area contributed by atoms with Gasteiger partial charge in [0.2, 0.25) is 0 Å². The zero-order valence-electron chi connectivity index (χ0n) is 11.5. The molecule has 0 aliphatic heterocycles. The maximum absolute atomic E-state index is 11.5. The van der Waals surface area contributed by atoms with Gasteiger partial charge in [0.15, 0.2) is 12.1 Å². The van der Waals surface area contributed by atoms with E-state index in [9.17, 15) is 14.7 Å². The number of carbonyl (C=O) groups excluding carboxylic acids is 1. The van der Waals surface area contributed by atoms with E-state index in [1.54, 1.807) is 0 Å². The summed E-state index contributed by atoms with van der Waals surface area (Å²) in [6.07, 6.45) is -2.46. The van der Waals surface area contributed by atoms with E-state index < -0.39 is 36.7 Å². The summed E-state index contributed by atoms with van der Waals surface area (Å²) in [5.74, 6) is -2.52. The van der Waals surface area contributed by atoms with Gasteiger partial charge in [-0.05, 0) is 19.3 Å². The van der Waals surface area contributed by atoms with Crippen molar-refractivity contribution in [2.75, 3.05) is 13.2 Å². The van der Waals surface area contributed by atoms with Gasteiger partial charge in [-0.1, -0.05) is 0 Å². The van der Waals surface area contributed by atoms with Crippen molar-refractivity contribution in [3.8, 4) is 0 Å². The monoisotopic (exact) mass is 306 g/mol. The summed E-state index contributed by atoms with van der Waals surface area (Å²) in [5, 5.41) is 47.6. The lowest BCUT2D eigenvalue weighted by molar-refractivity contribution is -0.146. The third-order valence-corrected chi connectivity index (χ3v) is 2.67. The molecule has 0 radical (unpaired) electrons. The Morgan fingerprint density at radius 2 is 1.86 bits per heavy atom. The average Bonchev–Trinajstić information content (AvgIpc) is 2.43. The van der Waals surface area contributed by atoms with Gasteiger partial charge in [0.1, 0.15) is 12.1 Å². The molecule has 0 aromatic heterocycles. The Hall–Kier alpha value is -1.91. The molecule has 0 rings (SSSR count). The van der Waals surface area contributed by atoms with Gasteiger partial charge in [0.25, 0.3) is 5.91 Å². The largest absolute Gasteiger partial charge is 0.480 e. The molecule has 0 aromatic carbocycles. The van der Waals surface area contributed by atoms with Crippen LogP contribution in [-0.4, -0.2) is 69.7 Å². The number of guanidine groups is 1. The van der Waals surface area contributed by atoms with E-state index in [-0.39, 0.29) is 12.4 Å². The molecular weight excluding hydrogens is 284 g/mol. The second kappa shape index (κ2) is 9.91. The fourth-order valence-electron chi connectivity index (χ4n) is 1.49. The van der Waals surface area contributed by atoms with Crippen LogP contribution in [-0.2, 0) is 9.59 Å². The molecule has 0 bridgehead atoms. The number of carboxylic acids is 1. The quantitative estimate of drug-likeness (QED) is 0.118. The molecule has 0 aliphatic rings. The number of carbonyl (C=O) groups is 2. The predicted octanol–water partition coefficient (Wildman–Crippen LogP) is -3.08. The first-order chi connectivity index (χ1) is 9.79. The zero-order chi connectivity index (χ0) is 16.4. The first kappa shape index (κ1) is 19.1. The van der Waals surface area contributed by atoms with Gasteiger partial charge in [0.05, 0.1) is 6.61 Å². The molecule has 0 unspecified atom stereocenters. The molecule has 0 spiro atoms. The number of nitrogens with one attached hydrogen (secondary N) is 3. The highest BCUT2D eigenvalue weighted by molar-refractivity contribution is 5.86. The molecule has 10 nitrogen and oxygen atoms in total. The number of hydrogen-bond acceptors (Lipinski definition) is 6. The van der Waals surface area contributed by atoms with Gasteiger partial charge >= 0.3 is 5.97 Å². The van der Waals surface area contributed by atoms with Crippen LogP contribution in [0.4, 0.5) is 0 Å². The summed E-state index contributed by atoms with van der Waals surface area (Å²) in [4.78, 5) is 22.5. The van der Waals surface area contributed by atoms with Crippen molar-refractivity contribution in [1.82, 2.24) is 10.6 Å². The van der Waals surface area contributed by atoms with Crippen molar-refractivity contribution in [1.29, 1.82) is 5.41 Å². The molecule has 0 aromatic rings. The van der Waals surface area contributed by atoms with Crippen LogP contribution in [0, 0.1) is 5.41 Å². The Bertz CT molecular complexity index is 365. The number of hydrogen-bond donors (Lipinski definition) is 8. The van der Waals surface area contributed by atoms with Crippen LogP contribution in [0.3, 0.4) is 0 Å². The molecule has 0 fully saturated rings. The molecule has 122 valence electrons. The average molecular weight is 306 g/mol. The summed E-state index contributed by atoms with van der Waals surface area (Å²) >= 11 is 0. The fraction of sp³-hybridized carbons (Fsp3) is 0.727. The van der Waals surface area contributed by atoms with Crippen molar-refractivity contribution in [3.63, 3.8) is 0 Å². The molecule has 0 saturated heterocycles. The third-order valence-electron chi connectivity index (χ3n) is 2.67. The van der Waals surface area contributed by atoms with E-state index in [1.807, 2.05) is 0 Å². The second-order valence-electron chi connectivity index (χ2n) is 4.43. The Balaban J connectivity index is 4.21. The number of unbranched alkanes of at least 4 members (excludes halogenated alkanes) is 1. The molecular formula is C11H22N4O6. The van der Waals surface area contributed by atoms with Crippen molar-refractivity contribution in [2.24, 2.45) is 5.73 Å². The van der Waals surface area contributed by atoms with Crippen LogP contribution in [0.1, 0.15) is 19.3 Å². The van der Waals surface area contributed by atoms with Gasteiger partial charge < -0.3 is 36.8 Å². The van der Waals surface area contributed by atoms with Crippen LogP contribution in [0.5, 0.6) is 0 Å². The maximum Gasteiger partial charge on any atom is 0.326 e. The first-order valence-electron chi connectivity index (χ1n) is 6.37. The number of nitrogens with two attached hydrogens (primary N) is 1. The summed E-state index contributed by atoms with van der Waals surface area (Å²) < 4.78 is 0.